The van der Waals surface area contributed by atoms with E-state index in [4.69, 9.17) is 4.74 Å². The summed E-state index contributed by atoms with van der Waals surface area (Å²) in [5, 5.41) is 3.50. The predicted octanol–water partition coefficient (Wildman–Crippen LogP) is 2.54. The largest absolute Gasteiger partial charge is 0.496 e. The molecule has 1 aromatic carbocycles. The summed E-state index contributed by atoms with van der Waals surface area (Å²) in [5.41, 5.74) is 2.66. The predicted molar refractivity (Wildman–Crippen MR) is 91.8 cm³/mol. The summed E-state index contributed by atoms with van der Waals surface area (Å²) in [6.45, 7) is 6.11. The Morgan fingerprint density at radius 1 is 1.39 bits per heavy atom. The van der Waals surface area contributed by atoms with E-state index in [1.165, 1.54) is 18.4 Å². The van der Waals surface area contributed by atoms with E-state index in [2.05, 4.69) is 28.4 Å². The quantitative estimate of drug-likeness (QED) is 0.928. The number of amides is 1. The molecule has 1 aromatic rings. The van der Waals surface area contributed by atoms with Crippen molar-refractivity contribution in [3.63, 3.8) is 0 Å². The van der Waals surface area contributed by atoms with Gasteiger partial charge in [0.1, 0.15) is 5.75 Å². The van der Waals surface area contributed by atoms with Crippen LogP contribution in [0.2, 0.25) is 0 Å². The molecule has 2 aliphatic rings. The Morgan fingerprint density at radius 3 is 3.00 bits per heavy atom. The van der Waals surface area contributed by atoms with Gasteiger partial charge in [0, 0.05) is 31.5 Å². The Balaban J connectivity index is 1.54. The molecule has 1 amide bonds. The summed E-state index contributed by atoms with van der Waals surface area (Å²) < 4.78 is 5.37. The van der Waals surface area contributed by atoms with Crippen LogP contribution in [0, 0.1) is 12.3 Å². The highest BCUT2D eigenvalue weighted by Crippen LogP contribution is 2.36. The number of methoxy groups -OCH3 is 1. The molecule has 0 aliphatic carbocycles. The van der Waals surface area contributed by atoms with Gasteiger partial charge in [-0.2, -0.15) is 0 Å². The summed E-state index contributed by atoms with van der Waals surface area (Å²) in [5.74, 6) is 1.20. The molecule has 2 aliphatic heterocycles. The van der Waals surface area contributed by atoms with E-state index < -0.39 is 0 Å². The second kappa shape index (κ2) is 6.91. The van der Waals surface area contributed by atoms with Gasteiger partial charge in [0.25, 0.3) is 0 Å². The van der Waals surface area contributed by atoms with Crippen LogP contribution in [-0.4, -0.2) is 44.1 Å². The normalized spacial score (nSPS) is 24.2. The molecule has 2 fully saturated rings. The van der Waals surface area contributed by atoms with E-state index in [-0.39, 0.29) is 0 Å². The number of nitrogens with one attached hydrogen (secondary N) is 1. The number of hydrogen-bond acceptors (Lipinski definition) is 3. The molecule has 2 heterocycles. The zero-order chi connectivity index (χ0) is 16.3. The van der Waals surface area contributed by atoms with Gasteiger partial charge in [-0.1, -0.05) is 12.1 Å². The lowest BCUT2D eigenvalue weighted by Crippen LogP contribution is -2.42. The molecule has 3 rings (SSSR count). The van der Waals surface area contributed by atoms with Gasteiger partial charge >= 0.3 is 0 Å². The lowest BCUT2D eigenvalue weighted by Gasteiger charge is -2.33. The highest BCUT2D eigenvalue weighted by atomic mass is 16.5. The Bertz CT molecular complexity index is 564. The van der Waals surface area contributed by atoms with Crippen molar-refractivity contribution < 1.29 is 9.53 Å². The minimum absolute atomic E-state index is 0.298. The lowest BCUT2D eigenvalue weighted by atomic mass is 9.80. The second-order valence-electron chi connectivity index (χ2n) is 7.15. The third-order valence-corrected chi connectivity index (χ3v) is 5.45. The number of rotatable bonds is 4. The third-order valence-electron chi connectivity index (χ3n) is 5.45. The van der Waals surface area contributed by atoms with Crippen molar-refractivity contribution in [2.24, 2.45) is 5.41 Å². The molecule has 0 bridgehead atoms. The summed E-state index contributed by atoms with van der Waals surface area (Å²) in [4.78, 5) is 14.6. The van der Waals surface area contributed by atoms with Crippen LogP contribution >= 0.6 is 0 Å². The van der Waals surface area contributed by atoms with Gasteiger partial charge < -0.3 is 15.0 Å². The average molecular weight is 316 g/mol. The second-order valence-corrected chi connectivity index (χ2v) is 7.15. The lowest BCUT2D eigenvalue weighted by molar-refractivity contribution is -0.130. The number of benzene rings is 1. The van der Waals surface area contributed by atoms with Gasteiger partial charge in [0.05, 0.1) is 7.11 Å². The zero-order valence-corrected chi connectivity index (χ0v) is 14.4. The van der Waals surface area contributed by atoms with E-state index >= 15 is 0 Å². The van der Waals surface area contributed by atoms with E-state index in [9.17, 15) is 4.79 Å². The zero-order valence-electron chi connectivity index (χ0n) is 14.4. The minimum atomic E-state index is 0.298. The molecule has 1 atom stereocenters. The van der Waals surface area contributed by atoms with Crippen molar-refractivity contribution in [1.82, 2.24) is 10.2 Å². The van der Waals surface area contributed by atoms with Gasteiger partial charge in [-0.3, -0.25) is 4.79 Å². The van der Waals surface area contributed by atoms with Crippen molar-refractivity contribution in [1.29, 1.82) is 0 Å². The minimum Gasteiger partial charge on any atom is -0.496 e. The van der Waals surface area contributed by atoms with Crippen molar-refractivity contribution in [3.05, 3.63) is 29.3 Å². The molecule has 0 aromatic heterocycles. The first kappa shape index (κ1) is 16.3. The monoisotopic (exact) mass is 316 g/mol. The van der Waals surface area contributed by atoms with Crippen LogP contribution in [0.4, 0.5) is 0 Å². The highest BCUT2D eigenvalue weighted by molar-refractivity contribution is 5.76. The Hall–Kier alpha value is -1.55. The maximum Gasteiger partial charge on any atom is 0.222 e. The first-order chi connectivity index (χ1) is 11.1. The standard InChI is InChI=1S/C19H28N2O2/c1-15-4-5-16(12-17(15)23-2)6-7-18(22)21-11-9-19(14-21)8-3-10-20-13-19/h4-5,12,20H,3,6-11,13-14H2,1-2H3/t19-/m1/s1. The number of piperidine rings is 1. The van der Waals surface area contributed by atoms with Crippen LogP contribution in [0.5, 0.6) is 5.75 Å². The van der Waals surface area contributed by atoms with Crippen LogP contribution in [0.15, 0.2) is 18.2 Å². The highest BCUT2D eigenvalue weighted by Gasteiger charge is 2.40. The molecule has 4 heteroatoms. The summed E-state index contributed by atoms with van der Waals surface area (Å²) in [7, 11) is 1.69. The smallest absolute Gasteiger partial charge is 0.222 e. The number of carbonyl (C=O) groups excluding carboxylic acids is 1. The first-order valence-corrected chi connectivity index (χ1v) is 8.74. The van der Waals surface area contributed by atoms with E-state index in [1.807, 2.05) is 6.92 Å². The number of nitrogens with zero attached hydrogens (tertiary/aromatic N) is 1. The van der Waals surface area contributed by atoms with Crippen molar-refractivity contribution >= 4 is 5.91 Å². The Morgan fingerprint density at radius 2 is 2.26 bits per heavy atom. The van der Waals surface area contributed by atoms with Gasteiger partial charge in [0.15, 0.2) is 0 Å². The van der Waals surface area contributed by atoms with Crippen molar-refractivity contribution in [3.8, 4) is 5.75 Å². The Labute approximate surface area is 139 Å². The maximum absolute atomic E-state index is 12.5. The average Bonchev–Trinajstić information content (AvgIpc) is 2.98. The summed E-state index contributed by atoms with van der Waals surface area (Å²) >= 11 is 0. The summed E-state index contributed by atoms with van der Waals surface area (Å²) in [6.07, 6.45) is 5.04. The molecule has 4 nitrogen and oxygen atoms in total. The van der Waals surface area contributed by atoms with Gasteiger partial charge in [-0.25, -0.2) is 0 Å². The topological polar surface area (TPSA) is 41.6 Å². The summed E-state index contributed by atoms with van der Waals surface area (Å²) in [6, 6.07) is 6.22. The number of hydrogen-bond donors (Lipinski definition) is 1. The van der Waals surface area contributed by atoms with E-state index in [0.29, 0.717) is 17.7 Å². The maximum atomic E-state index is 12.5. The number of carbonyl (C=O) groups is 1. The van der Waals surface area contributed by atoms with Crippen LogP contribution < -0.4 is 10.1 Å². The molecular weight excluding hydrogens is 288 g/mol. The van der Waals surface area contributed by atoms with Crippen LogP contribution in [-0.2, 0) is 11.2 Å². The molecule has 0 saturated carbocycles. The van der Waals surface area contributed by atoms with Crippen LogP contribution in [0.25, 0.3) is 0 Å². The Kier molecular flexibility index (Phi) is 4.90. The van der Waals surface area contributed by atoms with Gasteiger partial charge in [-0.15, -0.1) is 0 Å². The fourth-order valence-corrected chi connectivity index (χ4v) is 3.96. The van der Waals surface area contributed by atoms with Crippen molar-refractivity contribution in [2.75, 3.05) is 33.3 Å². The first-order valence-electron chi connectivity index (χ1n) is 8.74. The fraction of sp³-hybridized carbons (Fsp3) is 0.632. The van der Waals surface area contributed by atoms with Crippen LogP contribution in [0.1, 0.15) is 36.8 Å². The third kappa shape index (κ3) is 3.69. The molecule has 1 spiro atoms. The van der Waals surface area contributed by atoms with E-state index in [1.54, 1.807) is 7.11 Å². The SMILES string of the molecule is COc1cc(CCC(=O)N2CC[C@@]3(CCCNC3)C2)ccc1C. The number of aryl methyl sites for hydroxylation is 2. The van der Waals surface area contributed by atoms with Crippen molar-refractivity contribution in [2.45, 2.75) is 39.0 Å². The molecular formula is C19H28N2O2. The van der Waals surface area contributed by atoms with Gasteiger partial charge in [-0.05, 0) is 56.3 Å². The molecule has 0 unspecified atom stereocenters. The molecule has 126 valence electrons. The molecule has 23 heavy (non-hydrogen) atoms. The van der Waals surface area contributed by atoms with Crippen LogP contribution in [0.3, 0.4) is 0 Å². The molecule has 2 saturated heterocycles. The van der Waals surface area contributed by atoms with E-state index in [0.717, 1.165) is 50.3 Å². The molecule has 0 radical (unpaired) electrons. The number of ether oxygens (including phenoxy) is 1. The van der Waals surface area contributed by atoms with Gasteiger partial charge in [0.2, 0.25) is 5.91 Å². The number of likely N-dealkylation sites (tertiary alicyclic amines) is 1. The fourth-order valence-electron chi connectivity index (χ4n) is 3.96. The molecule has 1 N–H and O–H groups in total.